The van der Waals surface area contributed by atoms with E-state index in [0.717, 1.165) is 10.6 Å². The van der Waals surface area contributed by atoms with Crippen molar-refractivity contribution in [3.05, 3.63) is 45.9 Å². The van der Waals surface area contributed by atoms with Gasteiger partial charge in [-0.05, 0) is 24.2 Å². The number of carbonyl (C=O) groups is 2. The molecule has 2 aromatic rings. The lowest BCUT2D eigenvalue weighted by atomic mass is 10.2. The number of amides is 2. The van der Waals surface area contributed by atoms with Crippen LogP contribution in [-0.4, -0.2) is 48.9 Å². The monoisotopic (exact) mass is 398 g/mol. The zero-order valence-corrected chi connectivity index (χ0v) is 16.4. The van der Waals surface area contributed by atoms with E-state index in [1.807, 2.05) is 12.1 Å². The minimum absolute atomic E-state index is 0. The average molecular weight is 399 g/mol. The second-order valence-electron chi connectivity index (χ2n) is 5.57. The van der Waals surface area contributed by atoms with Crippen molar-refractivity contribution in [2.75, 3.05) is 27.2 Å². The highest BCUT2D eigenvalue weighted by Gasteiger charge is 2.10. The predicted molar refractivity (Wildman–Crippen MR) is 104 cm³/mol. The van der Waals surface area contributed by atoms with Crippen molar-refractivity contribution in [3.8, 4) is 5.75 Å². The Balaban J connectivity index is 0.00000338. The van der Waals surface area contributed by atoms with E-state index < -0.39 is 0 Å². The highest BCUT2D eigenvalue weighted by molar-refractivity contribution is 7.09. The molecule has 0 aliphatic carbocycles. The highest BCUT2D eigenvalue weighted by Crippen LogP contribution is 2.14. The van der Waals surface area contributed by atoms with Crippen LogP contribution in [0, 0.1) is 0 Å². The van der Waals surface area contributed by atoms with E-state index >= 15 is 0 Å². The number of hydrogen-bond donors (Lipinski definition) is 2. The fraction of sp³-hybridized carbons (Fsp3) is 0.353. The number of aromatic nitrogens is 1. The fourth-order valence-corrected chi connectivity index (χ4v) is 2.74. The van der Waals surface area contributed by atoms with Gasteiger partial charge in [0.2, 0.25) is 0 Å². The van der Waals surface area contributed by atoms with Gasteiger partial charge in [0.25, 0.3) is 11.8 Å². The Bertz CT molecular complexity index is 736. The number of ether oxygens (including phenoxy) is 1. The van der Waals surface area contributed by atoms with E-state index in [2.05, 4.69) is 10.3 Å². The standard InChI is InChI=1S/C17H22N4O3S.ClH/c1-21(2)16(22)10-24-13-5-3-4-12(8-13)9-19-17(23)14-11-25-15(20-14)6-7-18;/h3-5,8,11H,6-7,9-10,18H2,1-2H3,(H,19,23);1H. The van der Waals surface area contributed by atoms with E-state index in [0.29, 0.717) is 31.0 Å². The number of halogens is 1. The molecule has 1 heterocycles. The first kappa shape index (κ1) is 21.9. The summed E-state index contributed by atoms with van der Waals surface area (Å²) in [5, 5.41) is 5.41. The van der Waals surface area contributed by atoms with Gasteiger partial charge in [0.1, 0.15) is 11.4 Å². The Morgan fingerprint density at radius 3 is 2.81 bits per heavy atom. The first-order valence-electron chi connectivity index (χ1n) is 7.84. The van der Waals surface area contributed by atoms with Crippen molar-refractivity contribution < 1.29 is 14.3 Å². The Labute approximate surface area is 163 Å². The summed E-state index contributed by atoms with van der Waals surface area (Å²) in [5.74, 6) is 0.241. The fourth-order valence-electron chi connectivity index (χ4n) is 1.95. The number of benzene rings is 1. The second kappa shape index (κ2) is 10.7. The lowest BCUT2D eigenvalue weighted by molar-refractivity contribution is -0.130. The van der Waals surface area contributed by atoms with Gasteiger partial charge in [0.15, 0.2) is 6.61 Å². The summed E-state index contributed by atoms with van der Waals surface area (Å²) in [6, 6.07) is 7.26. The molecule has 0 unspecified atom stereocenters. The van der Waals surface area contributed by atoms with Crippen LogP contribution in [0.1, 0.15) is 21.1 Å². The molecular formula is C17H23ClN4O3S. The number of hydrogen-bond acceptors (Lipinski definition) is 6. The summed E-state index contributed by atoms with van der Waals surface area (Å²) in [6.07, 6.45) is 0.670. The molecule has 1 aromatic heterocycles. The number of carbonyl (C=O) groups excluding carboxylic acids is 2. The third-order valence-corrected chi connectivity index (χ3v) is 4.26. The van der Waals surface area contributed by atoms with Gasteiger partial charge in [-0.25, -0.2) is 4.98 Å². The number of rotatable bonds is 8. The topological polar surface area (TPSA) is 97.5 Å². The molecule has 26 heavy (non-hydrogen) atoms. The summed E-state index contributed by atoms with van der Waals surface area (Å²) in [4.78, 5) is 29.4. The van der Waals surface area contributed by atoms with Gasteiger partial charge in [-0.2, -0.15) is 0 Å². The smallest absolute Gasteiger partial charge is 0.271 e. The van der Waals surface area contributed by atoms with E-state index in [4.69, 9.17) is 10.5 Å². The van der Waals surface area contributed by atoms with Crippen molar-refractivity contribution in [1.29, 1.82) is 0 Å². The average Bonchev–Trinajstić information content (AvgIpc) is 3.07. The molecule has 9 heteroatoms. The first-order valence-corrected chi connectivity index (χ1v) is 8.72. The van der Waals surface area contributed by atoms with Gasteiger partial charge in [0, 0.05) is 32.4 Å². The third-order valence-electron chi connectivity index (χ3n) is 3.36. The van der Waals surface area contributed by atoms with Gasteiger partial charge in [-0.1, -0.05) is 12.1 Å². The van der Waals surface area contributed by atoms with Gasteiger partial charge in [-0.15, -0.1) is 23.7 Å². The molecule has 0 saturated carbocycles. The van der Waals surface area contributed by atoms with E-state index in [1.54, 1.807) is 31.6 Å². The van der Waals surface area contributed by atoms with E-state index in [9.17, 15) is 9.59 Å². The zero-order valence-electron chi connectivity index (χ0n) is 14.7. The molecule has 7 nitrogen and oxygen atoms in total. The largest absolute Gasteiger partial charge is 0.484 e. The van der Waals surface area contributed by atoms with Crippen molar-refractivity contribution in [2.24, 2.45) is 5.73 Å². The summed E-state index contributed by atoms with van der Waals surface area (Å²) in [7, 11) is 3.35. The molecule has 0 aliphatic rings. The van der Waals surface area contributed by atoms with Crippen LogP contribution in [0.3, 0.4) is 0 Å². The molecule has 0 aliphatic heterocycles. The van der Waals surface area contributed by atoms with E-state index in [1.165, 1.54) is 16.2 Å². The number of likely N-dealkylation sites (N-methyl/N-ethyl adjacent to an activating group) is 1. The molecule has 142 valence electrons. The van der Waals surface area contributed by atoms with Crippen molar-refractivity contribution >= 4 is 35.6 Å². The zero-order chi connectivity index (χ0) is 18.2. The third kappa shape index (κ3) is 6.62. The number of nitrogens with zero attached hydrogens (tertiary/aromatic N) is 2. The first-order chi connectivity index (χ1) is 12.0. The molecule has 1 aromatic carbocycles. The predicted octanol–water partition coefficient (Wildman–Crippen LogP) is 1.46. The quantitative estimate of drug-likeness (QED) is 0.701. The summed E-state index contributed by atoms with van der Waals surface area (Å²) in [5.41, 5.74) is 6.76. The minimum Gasteiger partial charge on any atom is -0.484 e. The molecular weight excluding hydrogens is 376 g/mol. The SMILES string of the molecule is CN(C)C(=O)COc1cccc(CNC(=O)c2csc(CCN)n2)c1.Cl. The maximum atomic E-state index is 12.1. The summed E-state index contributed by atoms with van der Waals surface area (Å²) < 4.78 is 5.47. The van der Waals surface area contributed by atoms with Crippen molar-refractivity contribution in [3.63, 3.8) is 0 Å². The molecule has 2 amide bonds. The number of nitrogens with one attached hydrogen (secondary N) is 1. The van der Waals surface area contributed by atoms with Crippen LogP contribution in [0.4, 0.5) is 0 Å². The minimum atomic E-state index is -0.228. The maximum absolute atomic E-state index is 12.1. The Morgan fingerprint density at radius 1 is 1.35 bits per heavy atom. The van der Waals surface area contributed by atoms with Crippen molar-refractivity contribution in [2.45, 2.75) is 13.0 Å². The number of thiazole rings is 1. The van der Waals surface area contributed by atoms with Gasteiger partial charge < -0.3 is 20.7 Å². The number of nitrogens with two attached hydrogens (primary N) is 1. The van der Waals surface area contributed by atoms with Gasteiger partial charge in [-0.3, -0.25) is 9.59 Å². The molecule has 0 bridgehead atoms. The lowest BCUT2D eigenvalue weighted by Crippen LogP contribution is -2.27. The Kier molecular flexibility index (Phi) is 9.04. The van der Waals surface area contributed by atoms with Crippen LogP contribution >= 0.6 is 23.7 Å². The maximum Gasteiger partial charge on any atom is 0.271 e. The summed E-state index contributed by atoms with van der Waals surface area (Å²) >= 11 is 1.43. The van der Waals surface area contributed by atoms with Crippen LogP contribution in [0.5, 0.6) is 5.75 Å². The van der Waals surface area contributed by atoms with Crippen LogP contribution < -0.4 is 15.8 Å². The molecule has 0 spiro atoms. The van der Waals surface area contributed by atoms with Crippen LogP contribution in [0.2, 0.25) is 0 Å². The van der Waals surface area contributed by atoms with Gasteiger partial charge in [0.05, 0.1) is 5.01 Å². The second-order valence-corrected chi connectivity index (χ2v) is 6.51. The molecule has 0 fully saturated rings. The molecule has 0 radical (unpaired) electrons. The molecule has 0 saturated heterocycles. The molecule has 2 rings (SSSR count). The Morgan fingerprint density at radius 2 is 2.12 bits per heavy atom. The summed E-state index contributed by atoms with van der Waals surface area (Å²) in [6.45, 7) is 0.838. The van der Waals surface area contributed by atoms with Crippen LogP contribution in [0.15, 0.2) is 29.6 Å². The highest BCUT2D eigenvalue weighted by atomic mass is 35.5. The lowest BCUT2D eigenvalue weighted by Gasteiger charge is -2.12. The normalized spacial score (nSPS) is 9.96. The van der Waals surface area contributed by atoms with Crippen LogP contribution in [0.25, 0.3) is 0 Å². The Hall–Kier alpha value is -2.16. The molecule has 0 atom stereocenters. The van der Waals surface area contributed by atoms with E-state index in [-0.39, 0.29) is 30.8 Å². The van der Waals surface area contributed by atoms with Crippen LogP contribution in [-0.2, 0) is 17.8 Å². The van der Waals surface area contributed by atoms with Crippen molar-refractivity contribution in [1.82, 2.24) is 15.2 Å². The molecule has 3 N–H and O–H groups in total. The van der Waals surface area contributed by atoms with Gasteiger partial charge >= 0.3 is 0 Å².